The van der Waals surface area contributed by atoms with E-state index in [0.29, 0.717) is 0 Å². The molecule has 7 nitrogen and oxygen atoms in total. The van der Waals surface area contributed by atoms with E-state index in [9.17, 15) is 14.4 Å². The number of ether oxygens (including phenoxy) is 1. The number of carbonyl (C=O) groups is 3. The largest absolute Gasteiger partial charge is 0.496 e. The number of anilines is 1. The fourth-order valence-corrected chi connectivity index (χ4v) is 5.16. The Balaban J connectivity index is 1.82. The number of methoxy groups -OCH3 is 1. The van der Waals surface area contributed by atoms with Crippen molar-refractivity contribution in [3.8, 4) is 16.9 Å². The molecular weight excluding hydrogens is 552 g/mol. The summed E-state index contributed by atoms with van der Waals surface area (Å²) in [5, 5.41) is 2.29. The van der Waals surface area contributed by atoms with E-state index in [0.717, 1.165) is 18.1 Å². The molecule has 41 heavy (non-hydrogen) atoms. The number of halogens is 3. The molecule has 0 aliphatic carbocycles. The predicted octanol–water partition coefficient (Wildman–Crippen LogP) is 5.97. The summed E-state index contributed by atoms with van der Waals surface area (Å²) >= 11 is 6.52. The molecule has 0 saturated carbocycles. The van der Waals surface area contributed by atoms with Gasteiger partial charge in [0.25, 0.3) is 11.8 Å². The normalized spacial score (nSPS) is 14.9. The standard InChI is InChI=1S/C31H30ClF2N3O4/c1-5-19-10-12-20(13-11-19)30(39)35-29-21(31(40)37-15-14-36(17-18(37)3)25(38)6-2)16-22(32)26(28(29)34)27-23(33)8-7-9-24(27)41-4/h6-13,16,18H,2,5,14-15,17H2,1,3-4H3,(H,35,39)/t18-/m0/s1. The number of hydrogen-bond acceptors (Lipinski definition) is 4. The number of hydrogen-bond donors (Lipinski definition) is 1. The van der Waals surface area contributed by atoms with Crippen molar-refractivity contribution in [1.29, 1.82) is 0 Å². The molecule has 0 unspecified atom stereocenters. The van der Waals surface area contributed by atoms with Crippen molar-refractivity contribution in [2.75, 3.05) is 32.1 Å². The monoisotopic (exact) mass is 581 g/mol. The Labute approximate surface area is 242 Å². The van der Waals surface area contributed by atoms with Crippen molar-refractivity contribution in [2.45, 2.75) is 26.3 Å². The molecule has 4 rings (SSSR count). The van der Waals surface area contributed by atoms with Crippen LogP contribution in [0.15, 0.2) is 61.2 Å². The summed E-state index contributed by atoms with van der Waals surface area (Å²) < 4.78 is 36.8. The van der Waals surface area contributed by atoms with Gasteiger partial charge in [-0.25, -0.2) is 8.78 Å². The average molecular weight is 582 g/mol. The van der Waals surface area contributed by atoms with E-state index >= 15 is 8.78 Å². The summed E-state index contributed by atoms with van der Waals surface area (Å²) in [6.45, 7) is 7.88. The Bertz CT molecular complexity index is 1510. The molecule has 3 amide bonds. The zero-order valence-electron chi connectivity index (χ0n) is 23.0. The zero-order chi connectivity index (χ0) is 29.8. The molecule has 10 heteroatoms. The maximum absolute atomic E-state index is 16.5. The fourth-order valence-electron chi connectivity index (χ4n) is 4.88. The molecule has 214 valence electrons. The summed E-state index contributed by atoms with van der Waals surface area (Å²) in [5.74, 6) is -3.39. The van der Waals surface area contributed by atoms with E-state index < -0.39 is 35.2 Å². The first kappa shape index (κ1) is 29.7. The van der Waals surface area contributed by atoms with Crippen LogP contribution in [0.1, 0.15) is 40.1 Å². The first-order valence-electron chi connectivity index (χ1n) is 13.1. The Kier molecular flexibility index (Phi) is 9.08. The van der Waals surface area contributed by atoms with Gasteiger partial charge in [-0.3, -0.25) is 14.4 Å². The lowest BCUT2D eigenvalue weighted by atomic mass is 9.98. The molecule has 1 N–H and O–H groups in total. The highest BCUT2D eigenvalue weighted by Gasteiger charge is 2.34. The lowest BCUT2D eigenvalue weighted by Crippen LogP contribution is -2.55. The topological polar surface area (TPSA) is 79.0 Å². The average Bonchev–Trinajstić information content (AvgIpc) is 2.98. The summed E-state index contributed by atoms with van der Waals surface area (Å²) in [7, 11) is 1.31. The predicted molar refractivity (Wildman–Crippen MR) is 154 cm³/mol. The number of carbonyl (C=O) groups excluding carboxylic acids is 3. The van der Waals surface area contributed by atoms with Gasteiger partial charge in [0.2, 0.25) is 5.91 Å². The van der Waals surface area contributed by atoms with Gasteiger partial charge < -0.3 is 19.9 Å². The molecule has 1 aliphatic rings. The summed E-state index contributed by atoms with van der Waals surface area (Å²) in [4.78, 5) is 42.3. The second-order valence-corrected chi connectivity index (χ2v) is 10.0. The van der Waals surface area contributed by atoms with Gasteiger partial charge in [0.05, 0.1) is 28.9 Å². The minimum absolute atomic E-state index is 0.0222. The van der Waals surface area contributed by atoms with E-state index in [-0.39, 0.29) is 58.6 Å². The molecule has 1 atom stereocenters. The second kappa shape index (κ2) is 12.5. The number of nitrogens with zero attached hydrogens (tertiary/aromatic N) is 2. The van der Waals surface area contributed by atoms with Gasteiger partial charge in [0.1, 0.15) is 11.6 Å². The Morgan fingerprint density at radius 1 is 1.12 bits per heavy atom. The summed E-state index contributed by atoms with van der Waals surface area (Å²) in [6, 6.07) is 11.5. The van der Waals surface area contributed by atoms with Gasteiger partial charge in [-0.15, -0.1) is 0 Å². The summed E-state index contributed by atoms with van der Waals surface area (Å²) in [6.07, 6.45) is 1.97. The van der Waals surface area contributed by atoms with Gasteiger partial charge in [-0.05, 0) is 55.3 Å². The highest BCUT2D eigenvalue weighted by Crippen LogP contribution is 2.43. The van der Waals surface area contributed by atoms with Crippen molar-refractivity contribution in [1.82, 2.24) is 9.80 Å². The van der Waals surface area contributed by atoms with E-state index in [1.165, 1.54) is 36.3 Å². The van der Waals surface area contributed by atoms with Gasteiger partial charge >= 0.3 is 0 Å². The van der Waals surface area contributed by atoms with Crippen LogP contribution in [-0.4, -0.2) is 60.3 Å². The van der Waals surface area contributed by atoms with E-state index in [2.05, 4.69) is 11.9 Å². The lowest BCUT2D eigenvalue weighted by molar-refractivity contribution is -0.128. The van der Waals surface area contributed by atoms with Crippen molar-refractivity contribution in [3.63, 3.8) is 0 Å². The molecule has 0 aromatic heterocycles. The third-order valence-corrected chi connectivity index (χ3v) is 7.43. The Morgan fingerprint density at radius 2 is 1.83 bits per heavy atom. The Hall–Kier alpha value is -4.24. The molecular formula is C31H30ClF2N3O4. The molecule has 1 saturated heterocycles. The quantitative estimate of drug-likeness (QED) is 0.349. The molecule has 0 bridgehead atoms. The van der Waals surface area contributed by atoms with Crippen LogP contribution in [0.2, 0.25) is 5.02 Å². The lowest BCUT2D eigenvalue weighted by Gasteiger charge is -2.39. The smallest absolute Gasteiger partial charge is 0.256 e. The number of nitrogens with one attached hydrogen (secondary N) is 1. The van der Waals surface area contributed by atoms with Crippen LogP contribution in [0.4, 0.5) is 14.5 Å². The van der Waals surface area contributed by atoms with Crippen molar-refractivity contribution < 1.29 is 27.9 Å². The fraction of sp³-hybridized carbons (Fsp3) is 0.258. The third kappa shape index (κ3) is 5.95. The first-order chi connectivity index (χ1) is 19.6. The minimum atomic E-state index is -1.09. The summed E-state index contributed by atoms with van der Waals surface area (Å²) in [5.41, 5.74) is -0.00746. The van der Waals surface area contributed by atoms with Crippen LogP contribution >= 0.6 is 11.6 Å². The molecule has 0 radical (unpaired) electrons. The van der Waals surface area contributed by atoms with Crippen molar-refractivity contribution in [2.24, 2.45) is 0 Å². The van der Waals surface area contributed by atoms with Gasteiger partial charge in [0.15, 0.2) is 5.82 Å². The number of piperazine rings is 1. The second-order valence-electron chi connectivity index (χ2n) is 9.63. The minimum Gasteiger partial charge on any atom is -0.496 e. The van der Waals surface area contributed by atoms with Crippen molar-refractivity contribution in [3.05, 3.63) is 94.5 Å². The highest BCUT2D eigenvalue weighted by molar-refractivity contribution is 6.34. The zero-order valence-corrected chi connectivity index (χ0v) is 23.7. The van der Waals surface area contributed by atoms with E-state index in [1.807, 2.05) is 6.92 Å². The Morgan fingerprint density at radius 3 is 2.44 bits per heavy atom. The maximum Gasteiger partial charge on any atom is 0.256 e. The number of amides is 3. The SMILES string of the molecule is C=CC(=O)N1CCN(C(=O)c2cc(Cl)c(-c3c(F)cccc3OC)c(F)c2NC(=O)c2ccc(CC)cc2)[C@@H](C)C1. The van der Waals surface area contributed by atoms with Gasteiger partial charge in [-0.1, -0.05) is 43.3 Å². The van der Waals surface area contributed by atoms with Crippen LogP contribution in [0.3, 0.4) is 0 Å². The molecule has 1 aliphatic heterocycles. The third-order valence-electron chi connectivity index (χ3n) is 7.13. The van der Waals surface area contributed by atoms with Gasteiger partial charge in [-0.2, -0.15) is 0 Å². The van der Waals surface area contributed by atoms with E-state index in [1.54, 1.807) is 36.1 Å². The van der Waals surface area contributed by atoms with Crippen LogP contribution in [0.5, 0.6) is 5.75 Å². The maximum atomic E-state index is 16.5. The number of aryl methyl sites for hydroxylation is 1. The molecule has 1 heterocycles. The van der Waals surface area contributed by atoms with Gasteiger partial charge in [0, 0.05) is 36.8 Å². The van der Waals surface area contributed by atoms with Crippen LogP contribution in [-0.2, 0) is 11.2 Å². The molecule has 3 aromatic rings. The molecule has 0 spiro atoms. The first-order valence-corrected chi connectivity index (χ1v) is 13.5. The van der Waals surface area contributed by atoms with Crippen LogP contribution < -0.4 is 10.1 Å². The number of benzene rings is 3. The van der Waals surface area contributed by atoms with Crippen molar-refractivity contribution >= 4 is 35.0 Å². The molecule has 3 aromatic carbocycles. The van der Waals surface area contributed by atoms with Crippen LogP contribution in [0, 0.1) is 11.6 Å². The number of rotatable bonds is 7. The van der Waals surface area contributed by atoms with Crippen LogP contribution in [0.25, 0.3) is 11.1 Å². The van der Waals surface area contributed by atoms with E-state index in [4.69, 9.17) is 16.3 Å². The molecule has 1 fully saturated rings. The highest BCUT2D eigenvalue weighted by atomic mass is 35.5.